The third-order valence-electron chi connectivity index (χ3n) is 3.76. The van der Waals surface area contributed by atoms with E-state index in [2.05, 4.69) is 20.8 Å². The summed E-state index contributed by atoms with van der Waals surface area (Å²) >= 11 is 0. The van der Waals surface area contributed by atoms with Gasteiger partial charge in [-0.25, -0.2) is 0 Å². The number of hydrogen-bond acceptors (Lipinski definition) is 4. The fourth-order valence-corrected chi connectivity index (χ4v) is 2.61. The van der Waals surface area contributed by atoms with Crippen LogP contribution >= 0.6 is 0 Å². The average Bonchev–Trinajstić information content (AvgIpc) is 2.95. The zero-order valence-corrected chi connectivity index (χ0v) is 12.0. The molecule has 6 heteroatoms. The second-order valence-electron chi connectivity index (χ2n) is 5.30. The van der Waals surface area contributed by atoms with Crippen LogP contribution in [-0.2, 0) is 11.8 Å². The molecule has 1 saturated heterocycles. The highest BCUT2D eigenvalue weighted by Gasteiger charge is 2.21. The molecule has 2 N–H and O–H groups in total. The van der Waals surface area contributed by atoms with Gasteiger partial charge in [-0.05, 0) is 31.5 Å². The van der Waals surface area contributed by atoms with Gasteiger partial charge < -0.3 is 15.2 Å². The molecule has 0 bridgehead atoms. The maximum absolute atomic E-state index is 12.4. The van der Waals surface area contributed by atoms with E-state index in [1.54, 1.807) is 6.33 Å². The molecular weight excluding hydrogens is 266 g/mol. The van der Waals surface area contributed by atoms with Gasteiger partial charge in [0.25, 0.3) is 0 Å². The van der Waals surface area contributed by atoms with E-state index in [0.717, 1.165) is 42.9 Å². The van der Waals surface area contributed by atoms with Crippen molar-refractivity contribution in [2.75, 3.05) is 11.9 Å². The Morgan fingerprint density at radius 3 is 2.95 bits per heavy atom. The van der Waals surface area contributed by atoms with Crippen LogP contribution in [0.25, 0.3) is 11.4 Å². The van der Waals surface area contributed by atoms with Crippen molar-refractivity contribution in [2.24, 2.45) is 7.05 Å². The third-order valence-corrected chi connectivity index (χ3v) is 3.76. The normalized spacial score (nSPS) is 18.4. The molecule has 110 valence electrons. The van der Waals surface area contributed by atoms with E-state index in [1.165, 1.54) is 0 Å². The van der Waals surface area contributed by atoms with Crippen LogP contribution in [0.5, 0.6) is 0 Å². The zero-order chi connectivity index (χ0) is 14.7. The predicted molar refractivity (Wildman–Crippen MR) is 80.7 cm³/mol. The van der Waals surface area contributed by atoms with Crippen LogP contribution in [0.15, 0.2) is 30.6 Å². The Morgan fingerprint density at radius 1 is 1.38 bits per heavy atom. The number of aryl methyl sites for hydroxylation is 1. The van der Waals surface area contributed by atoms with Crippen molar-refractivity contribution in [1.29, 1.82) is 0 Å². The summed E-state index contributed by atoms with van der Waals surface area (Å²) in [4.78, 5) is 12.4. The van der Waals surface area contributed by atoms with Gasteiger partial charge in [-0.2, -0.15) is 0 Å². The van der Waals surface area contributed by atoms with Gasteiger partial charge in [0.1, 0.15) is 6.33 Å². The Bertz CT molecular complexity index is 630. The first-order chi connectivity index (χ1) is 10.3. The summed E-state index contributed by atoms with van der Waals surface area (Å²) in [6.45, 7) is 0.906. The molecule has 6 nitrogen and oxygen atoms in total. The van der Waals surface area contributed by atoms with Gasteiger partial charge >= 0.3 is 0 Å². The number of aromatic nitrogens is 3. The van der Waals surface area contributed by atoms with Crippen molar-refractivity contribution in [3.8, 4) is 11.4 Å². The summed E-state index contributed by atoms with van der Waals surface area (Å²) < 4.78 is 1.84. The number of carbonyl (C=O) groups is 1. The van der Waals surface area contributed by atoms with E-state index >= 15 is 0 Å². The minimum Gasteiger partial charge on any atom is -0.324 e. The van der Waals surface area contributed by atoms with Crippen LogP contribution in [-0.4, -0.2) is 33.3 Å². The number of nitrogens with zero attached hydrogens (tertiary/aromatic N) is 3. The van der Waals surface area contributed by atoms with Crippen LogP contribution in [0.3, 0.4) is 0 Å². The largest absolute Gasteiger partial charge is 0.324 e. The lowest BCUT2D eigenvalue weighted by Gasteiger charge is -2.23. The second-order valence-corrected chi connectivity index (χ2v) is 5.30. The fourth-order valence-electron chi connectivity index (χ4n) is 2.61. The number of amides is 1. The highest BCUT2D eigenvalue weighted by atomic mass is 16.2. The van der Waals surface area contributed by atoms with Crippen LogP contribution in [0, 0.1) is 0 Å². The lowest BCUT2D eigenvalue weighted by atomic mass is 10.0. The van der Waals surface area contributed by atoms with E-state index in [1.807, 2.05) is 35.9 Å². The van der Waals surface area contributed by atoms with Gasteiger partial charge in [0, 0.05) is 12.6 Å². The Hall–Kier alpha value is -2.21. The van der Waals surface area contributed by atoms with Crippen LogP contribution < -0.4 is 10.6 Å². The summed E-state index contributed by atoms with van der Waals surface area (Å²) in [6, 6.07) is 7.56. The number of para-hydroxylation sites is 1. The van der Waals surface area contributed by atoms with Gasteiger partial charge in [-0.1, -0.05) is 18.6 Å². The molecule has 2 heterocycles. The molecule has 1 amide bonds. The van der Waals surface area contributed by atoms with Gasteiger partial charge in [-0.15, -0.1) is 10.2 Å². The quantitative estimate of drug-likeness (QED) is 0.898. The van der Waals surface area contributed by atoms with Crippen LogP contribution in [0.4, 0.5) is 5.69 Å². The summed E-state index contributed by atoms with van der Waals surface area (Å²) in [5, 5.41) is 14.3. The average molecular weight is 285 g/mol. The number of nitrogens with one attached hydrogen (secondary N) is 2. The molecule has 1 unspecified atom stereocenters. The zero-order valence-electron chi connectivity index (χ0n) is 12.0. The van der Waals surface area contributed by atoms with Crippen molar-refractivity contribution in [2.45, 2.75) is 25.3 Å². The standard InChI is InChI=1S/C15H19N5O/c1-20-10-17-19-14(20)11-6-2-3-7-12(11)18-15(21)13-8-4-5-9-16-13/h2-3,6-7,10,13,16H,4-5,8-9H2,1H3,(H,18,21). The van der Waals surface area contributed by atoms with Crippen molar-refractivity contribution in [1.82, 2.24) is 20.1 Å². The smallest absolute Gasteiger partial charge is 0.241 e. The van der Waals surface area contributed by atoms with Gasteiger partial charge in [0.05, 0.1) is 11.7 Å². The van der Waals surface area contributed by atoms with Crippen LogP contribution in [0.1, 0.15) is 19.3 Å². The monoisotopic (exact) mass is 285 g/mol. The minimum atomic E-state index is -0.105. The molecule has 0 aliphatic carbocycles. The molecule has 1 fully saturated rings. The molecule has 2 aromatic rings. The molecular formula is C15H19N5O. The molecule has 3 rings (SSSR count). The summed E-state index contributed by atoms with van der Waals surface area (Å²) in [5.41, 5.74) is 1.65. The van der Waals surface area contributed by atoms with E-state index < -0.39 is 0 Å². The number of rotatable bonds is 3. The van der Waals surface area contributed by atoms with Gasteiger partial charge in [0.2, 0.25) is 5.91 Å². The molecule has 1 atom stereocenters. The Kier molecular flexibility index (Phi) is 3.96. The molecule has 1 aliphatic rings. The number of carbonyl (C=O) groups excluding carboxylic acids is 1. The van der Waals surface area contributed by atoms with Crippen molar-refractivity contribution >= 4 is 11.6 Å². The highest BCUT2D eigenvalue weighted by molar-refractivity contribution is 5.98. The summed E-state index contributed by atoms with van der Waals surface area (Å²) in [7, 11) is 1.89. The van der Waals surface area contributed by atoms with Crippen LogP contribution in [0.2, 0.25) is 0 Å². The number of anilines is 1. The Balaban J connectivity index is 1.82. The number of piperidine rings is 1. The molecule has 1 aromatic carbocycles. The van der Waals surface area contributed by atoms with E-state index in [0.29, 0.717) is 0 Å². The molecule has 0 radical (unpaired) electrons. The highest BCUT2D eigenvalue weighted by Crippen LogP contribution is 2.26. The van der Waals surface area contributed by atoms with Gasteiger partial charge in [-0.3, -0.25) is 4.79 Å². The predicted octanol–water partition coefficient (Wildman–Crippen LogP) is 1.56. The maximum Gasteiger partial charge on any atom is 0.241 e. The Morgan fingerprint density at radius 2 is 2.24 bits per heavy atom. The first-order valence-electron chi connectivity index (χ1n) is 7.23. The lowest BCUT2D eigenvalue weighted by molar-refractivity contribution is -0.118. The van der Waals surface area contributed by atoms with E-state index in [-0.39, 0.29) is 11.9 Å². The first kappa shape index (κ1) is 13.8. The fraction of sp³-hybridized carbons (Fsp3) is 0.400. The van der Waals surface area contributed by atoms with Crippen molar-refractivity contribution in [3.63, 3.8) is 0 Å². The molecule has 1 aliphatic heterocycles. The maximum atomic E-state index is 12.4. The topological polar surface area (TPSA) is 71.8 Å². The number of benzene rings is 1. The lowest BCUT2D eigenvalue weighted by Crippen LogP contribution is -2.43. The minimum absolute atomic E-state index is 0.0179. The van der Waals surface area contributed by atoms with Crippen molar-refractivity contribution < 1.29 is 4.79 Å². The van der Waals surface area contributed by atoms with E-state index in [4.69, 9.17) is 0 Å². The first-order valence-corrected chi connectivity index (χ1v) is 7.23. The SMILES string of the molecule is Cn1cnnc1-c1ccccc1NC(=O)C1CCCCN1. The second kappa shape index (κ2) is 6.05. The van der Waals surface area contributed by atoms with Crippen molar-refractivity contribution in [3.05, 3.63) is 30.6 Å². The Labute approximate surface area is 123 Å². The molecule has 1 aromatic heterocycles. The molecule has 0 saturated carbocycles. The van der Waals surface area contributed by atoms with E-state index in [9.17, 15) is 4.79 Å². The number of hydrogen-bond donors (Lipinski definition) is 2. The molecule has 21 heavy (non-hydrogen) atoms. The van der Waals surface area contributed by atoms with Gasteiger partial charge in [0.15, 0.2) is 5.82 Å². The molecule has 0 spiro atoms. The summed E-state index contributed by atoms with van der Waals surface area (Å²) in [6.07, 6.45) is 4.77. The summed E-state index contributed by atoms with van der Waals surface area (Å²) in [5.74, 6) is 0.756. The third kappa shape index (κ3) is 2.95.